The van der Waals surface area contributed by atoms with Crippen molar-refractivity contribution in [3.8, 4) is 11.5 Å². The summed E-state index contributed by atoms with van der Waals surface area (Å²) in [6, 6.07) is 9.04. The van der Waals surface area contributed by atoms with E-state index in [9.17, 15) is 8.78 Å². The van der Waals surface area contributed by atoms with E-state index < -0.39 is 5.82 Å². The predicted octanol–water partition coefficient (Wildman–Crippen LogP) is 5.02. The lowest BCUT2D eigenvalue weighted by molar-refractivity contribution is 0.429. The largest absolute Gasteiger partial charge is 0.454 e. The number of nitrogens with one attached hydrogen (secondary N) is 1. The molecule has 0 aliphatic heterocycles. The second-order valence-electron chi connectivity index (χ2n) is 4.57. The van der Waals surface area contributed by atoms with Gasteiger partial charge in [-0.3, -0.25) is 0 Å². The molecule has 21 heavy (non-hydrogen) atoms. The van der Waals surface area contributed by atoms with Crippen molar-refractivity contribution in [2.24, 2.45) is 0 Å². The van der Waals surface area contributed by atoms with Gasteiger partial charge in [0.2, 0.25) is 0 Å². The molecular weight excluding hydrogens is 340 g/mol. The number of halogens is 3. The highest BCUT2D eigenvalue weighted by atomic mass is 79.9. The Balaban J connectivity index is 2.24. The van der Waals surface area contributed by atoms with E-state index in [1.165, 1.54) is 18.2 Å². The van der Waals surface area contributed by atoms with E-state index in [1.807, 2.05) is 6.92 Å². The van der Waals surface area contributed by atoms with Crippen LogP contribution < -0.4 is 10.1 Å². The molecule has 112 valence electrons. The van der Waals surface area contributed by atoms with Crippen LogP contribution in [-0.4, -0.2) is 6.54 Å². The number of benzene rings is 2. The first-order chi connectivity index (χ1) is 10.1. The van der Waals surface area contributed by atoms with Gasteiger partial charge in [-0.05, 0) is 43.3 Å². The first kappa shape index (κ1) is 15.9. The molecule has 0 saturated carbocycles. The molecule has 2 nitrogen and oxygen atoms in total. The number of ether oxygens (including phenoxy) is 1. The van der Waals surface area contributed by atoms with Gasteiger partial charge in [-0.25, -0.2) is 8.78 Å². The summed E-state index contributed by atoms with van der Waals surface area (Å²) in [5, 5.41) is 3.12. The van der Waals surface area contributed by atoms with Gasteiger partial charge in [0.1, 0.15) is 11.6 Å². The number of hydrogen-bond acceptors (Lipinski definition) is 2. The molecule has 2 aromatic rings. The Kier molecular flexibility index (Phi) is 5.70. The number of hydrogen-bond donors (Lipinski definition) is 1. The fourth-order valence-corrected chi connectivity index (χ4v) is 2.21. The third-order valence-electron chi connectivity index (χ3n) is 2.92. The van der Waals surface area contributed by atoms with Crippen LogP contribution in [0.1, 0.15) is 18.9 Å². The van der Waals surface area contributed by atoms with Gasteiger partial charge in [-0.1, -0.05) is 28.9 Å². The maximum Gasteiger partial charge on any atom is 0.166 e. The molecule has 0 saturated heterocycles. The van der Waals surface area contributed by atoms with Gasteiger partial charge < -0.3 is 10.1 Å². The lowest BCUT2D eigenvalue weighted by Crippen LogP contribution is -2.15. The van der Waals surface area contributed by atoms with E-state index in [4.69, 9.17) is 4.74 Å². The summed E-state index contributed by atoms with van der Waals surface area (Å²) in [6.45, 7) is 3.15. The molecule has 0 aromatic heterocycles. The fourth-order valence-electron chi connectivity index (χ4n) is 1.87. The van der Waals surface area contributed by atoms with Crippen LogP contribution >= 0.6 is 15.9 Å². The molecule has 0 fully saturated rings. The van der Waals surface area contributed by atoms with E-state index in [0.717, 1.165) is 13.0 Å². The highest BCUT2D eigenvalue weighted by molar-refractivity contribution is 9.10. The molecule has 0 atom stereocenters. The Morgan fingerprint density at radius 2 is 1.90 bits per heavy atom. The Hall–Kier alpha value is -1.46. The molecule has 0 heterocycles. The molecule has 0 unspecified atom stereocenters. The monoisotopic (exact) mass is 355 g/mol. The lowest BCUT2D eigenvalue weighted by Gasteiger charge is -2.13. The zero-order chi connectivity index (χ0) is 15.2. The highest BCUT2D eigenvalue weighted by Crippen LogP contribution is 2.30. The third-order valence-corrected chi connectivity index (χ3v) is 3.41. The quantitative estimate of drug-likeness (QED) is 0.734. The van der Waals surface area contributed by atoms with Gasteiger partial charge in [-0.15, -0.1) is 0 Å². The first-order valence-electron chi connectivity index (χ1n) is 6.73. The van der Waals surface area contributed by atoms with Crippen LogP contribution in [0.25, 0.3) is 0 Å². The summed E-state index contributed by atoms with van der Waals surface area (Å²) >= 11 is 3.18. The van der Waals surface area contributed by atoms with E-state index >= 15 is 0 Å². The maximum atomic E-state index is 13.9. The van der Waals surface area contributed by atoms with E-state index in [0.29, 0.717) is 22.3 Å². The van der Waals surface area contributed by atoms with E-state index in [1.54, 1.807) is 18.2 Å². The molecule has 2 rings (SSSR count). The first-order valence-corrected chi connectivity index (χ1v) is 7.52. The Labute approximate surface area is 131 Å². The van der Waals surface area contributed by atoms with Gasteiger partial charge >= 0.3 is 0 Å². The molecule has 0 radical (unpaired) electrons. The Morgan fingerprint density at radius 1 is 1.10 bits per heavy atom. The average Bonchev–Trinajstić information content (AvgIpc) is 2.45. The van der Waals surface area contributed by atoms with Crippen molar-refractivity contribution < 1.29 is 13.5 Å². The standard InChI is InChI=1S/C16H16BrF2NO/c1-2-8-20-10-12-13(18)4-3-5-15(12)21-16-7-6-11(17)9-14(16)19/h3-7,9,20H,2,8,10H2,1H3. The van der Waals surface area contributed by atoms with E-state index in [2.05, 4.69) is 21.2 Å². The summed E-state index contributed by atoms with van der Waals surface area (Å²) in [5.74, 6) is -0.477. The van der Waals surface area contributed by atoms with Crippen LogP contribution in [0.4, 0.5) is 8.78 Å². The van der Waals surface area contributed by atoms with Gasteiger partial charge in [0.05, 0.1) is 0 Å². The van der Waals surface area contributed by atoms with Crippen molar-refractivity contribution in [2.75, 3.05) is 6.54 Å². The molecule has 0 amide bonds. The van der Waals surface area contributed by atoms with Crippen LogP contribution in [-0.2, 0) is 6.54 Å². The van der Waals surface area contributed by atoms with E-state index in [-0.39, 0.29) is 11.6 Å². The second kappa shape index (κ2) is 7.52. The molecule has 0 aliphatic carbocycles. The van der Waals surface area contributed by atoms with Crippen LogP contribution in [0.15, 0.2) is 40.9 Å². The molecular formula is C16H16BrF2NO. The molecule has 0 spiro atoms. The Bertz CT molecular complexity index is 619. The minimum Gasteiger partial charge on any atom is -0.454 e. The van der Waals surface area contributed by atoms with Crippen LogP contribution in [0.3, 0.4) is 0 Å². The van der Waals surface area contributed by atoms with Gasteiger partial charge in [-0.2, -0.15) is 0 Å². The van der Waals surface area contributed by atoms with Crippen LogP contribution in [0.5, 0.6) is 11.5 Å². The lowest BCUT2D eigenvalue weighted by atomic mass is 10.2. The Morgan fingerprint density at radius 3 is 2.62 bits per heavy atom. The van der Waals surface area contributed by atoms with Crippen LogP contribution in [0, 0.1) is 11.6 Å². The SMILES string of the molecule is CCCNCc1c(F)cccc1Oc1ccc(Br)cc1F. The normalized spacial score (nSPS) is 10.7. The topological polar surface area (TPSA) is 21.3 Å². The van der Waals surface area contributed by atoms with Crippen molar-refractivity contribution in [3.05, 3.63) is 58.1 Å². The molecule has 1 N–H and O–H groups in total. The van der Waals surface area contributed by atoms with Gasteiger partial charge in [0.25, 0.3) is 0 Å². The van der Waals surface area contributed by atoms with Crippen molar-refractivity contribution in [1.29, 1.82) is 0 Å². The van der Waals surface area contributed by atoms with Crippen molar-refractivity contribution in [1.82, 2.24) is 5.32 Å². The molecule has 2 aromatic carbocycles. The summed E-state index contributed by atoms with van der Waals surface area (Å²) in [4.78, 5) is 0. The molecule has 5 heteroatoms. The van der Waals surface area contributed by atoms with Crippen LogP contribution in [0.2, 0.25) is 0 Å². The smallest absolute Gasteiger partial charge is 0.166 e. The zero-order valence-electron chi connectivity index (χ0n) is 11.6. The predicted molar refractivity (Wildman–Crippen MR) is 82.6 cm³/mol. The fraction of sp³-hybridized carbons (Fsp3) is 0.250. The minimum atomic E-state index is -0.499. The maximum absolute atomic E-state index is 13.9. The minimum absolute atomic E-state index is 0.0699. The van der Waals surface area contributed by atoms with Crippen molar-refractivity contribution >= 4 is 15.9 Å². The zero-order valence-corrected chi connectivity index (χ0v) is 13.2. The molecule has 0 bridgehead atoms. The van der Waals surface area contributed by atoms with Crippen molar-refractivity contribution in [3.63, 3.8) is 0 Å². The van der Waals surface area contributed by atoms with Crippen molar-refractivity contribution in [2.45, 2.75) is 19.9 Å². The van der Waals surface area contributed by atoms with Gasteiger partial charge in [0.15, 0.2) is 11.6 Å². The summed E-state index contributed by atoms with van der Waals surface area (Å²) in [6.07, 6.45) is 0.950. The number of rotatable bonds is 6. The summed E-state index contributed by atoms with van der Waals surface area (Å²) < 4.78 is 33.9. The third kappa shape index (κ3) is 4.25. The second-order valence-corrected chi connectivity index (χ2v) is 5.49. The highest BCUT2D eigenvalue weighted by Gasteiger charge is 2.12. The molecule has 0 aliphatic rings. The average molecular weight is 356 g/mol. The van der Waals surface area contributed by atoms with Gasteiger partial charge in [0, 0.05) is 16.6 Å². The summed E-state index contributed by atoms with van der Waals surface area (Å²) in [7, 11) is 0. The summed E-state index contributed by atoms with van der Waals surface area (Å²) in [5.41, 5.74) is 0.397.